The van der Waals surface area contributed by atoms with Crippen LogP contribution < -0.4 is 14.2 Å². The van der Waals surface area contributed by atoms with Crippen molar-refractivity contribution in [1.29, 1.82) is 0 Å². The molecule has 158 valence electrons. The summed E-state index contributed by atoms with van der Waals surface area (Å²) in [6.07, 6.45) is 3.68. The summed E-state index contributed by atoms with van der Waals surface area (Å²) < 4.78 is 17.3. The van der Waals surface area contributed by atoms with E-state index in [2.05, 4.69) is 0 Å². The molecule has 0 aliphatic carbocycles. The van der Waals surface area contributed by atoms with Crippen molar-refractivity contribution in [3.8, 4) is 17.2 Å². The van der Waals surface area contributed by atoms with Crippen LogP contribution in [0.25, 0.3) is 6.08 Å². The highest BCUT2D eigenvalue weighted by atomic mass is 16.6. The number of Topliss-reactive ketones (excluding diaryl/α,β-unsaturated/α-hetero) is 1. The average molecular weight is 427 g/mol. The first kappa shape index (κ1) is 19.6. The molecule has 5 rings (SSSR count). The second-order valence-electron chi connectivity index (χ2n) is 7.36. The first-order valence-corrected chi connectivity index (χ1v) is 9.94. The number of non-ortho nitro benzene ring substituents is 1. The van der Waals surface area contributed by atoms with Gasteiger partial charge < -0.3 is 14.2 Å². The van der Waals surface area contributed by atoms with Gasteiger partial charge in [0.15, 0.2) is 5.76 Å². The average Bonchev–Trinajstić information content (AvgIpc) is 3.12. The number of para-hydroxylation sites is 1. The zero-order chi connectivity index (χ0) is 22.1. The summed E-state index contributed by atoms with van der Waals surface area (Å²) in [5.74, 6) is 1.82. The van der Waals surface area contributed by atoms with Gasteiger partial charge in [-0.1, -0.05) is 18.2 Å². The molecule has 0 radical (unpaired) electrons. The quantitative estimate of drug-likeness (QED) is 0.319. The van der Waals surface area contributed by atoms with Crippen LogP contribution >= 0.6 is 0 Å². The fourth-order valence-corrected chi connectivity index (χ4v) is 3.52. The van der Waals surface area contributed by atoms with Crippen LogP contribution in [0.5, 0.6) is 17.2 Å². The van der Waals surface area contributed by atoms with E-state index in [9.17, 15) is 14.9 Å². The lowest BCUT2D eigenvalue weighted by atomic mass is 10.1. The van der Waals surface area contributed by atoms with Crippen LogP contribution in [0.3, 0.4) is 0 Å². The molecular formula is C25H17NO6. The normalized spacial score (nSPS) is 15.3. The third-order valence-electron chi connectivity index (χ3n) is 5.16. The standard InChI is InChI=1S/C25H17NO6/c27-25-21-10-9-20(30-14-16-5-7-19(8-6-16)26(28)29)13-23(21)32-24(25)12-17-11-18-3-1-2-4-22(18)31-15-17/h1-13H,14-15H2/b24-12-. The van der Waals surface area contributed by atoms with E-state index < -0.39 is 4.92 Å². The predicted octanol–water partition coefficient (Wildman–Crippen LogP) is 5.11. The first-order chi connectivity index (χ1) is 15.6. The second kappa shape index (κ2) is 8.03. The van der Waals surface area contributed by atoms with E-state index in [4.69, 9.17) is 14.2 Å². The van der Waals surface area contributed by atoms with Crippen LogP contribution in [0.2, 0.25) is 0 Å². The maximum atomic E-state index is 12.7. The van der Waals surface area contributed by atoms with Gasteiger partial charge >= 0.3 is 0 Å². The van der Waals surface area contributed by atoms with Crippen LogP contribution in [0.1, 0.15) is 21.5 Å². The highest BCUT2D eigenvalue weighted by Gasteiger charge is 2.28. The Morgan fingerprint density at radius 3 is 2.66 bits per heavy atom. The predicted molar refractivity (Wildman–Crippen MR) is 117 cm³/mol. The molecule has 2 heterocycles. The topological polar surface area (TPSA) is 87.9 Å². The van der Waals surface area contributed by atoms with Gasteiger partial charge in [-0.2, -0.15) is 0 Å². The molecule has 0 fully saturated rings. The molecule has 0 amide bonds. The minimum Gasteiger partial charge on any atom is -0.489 e. The van der Waals surface area contributed by atoms with Crippen LogP contribution in [0.4, 0.5) is 5.69 Å². The number of carbonyl (C=O) groups excluding carboxylic acids is 1. The van der Waals surface area contributed by atoms with E-state index in [1.54, 1.807) is 36.4 Å². The number of rotatable bonds is 5. The number of allylic oxidation sites excluding steroid dienone is 1. The van der Waals surface area contributed by atoms with E-state index in [-0.39, 0.29) is 23.8 Å². The molecule has 0 N–H and O–H groups in total. The highest BCUT2D eigenvalue weighted by molar-refractivity contribution is 6.12. The lowest BCUT2D eigenvalue weighted by Crippen LogP contribution is -2.08. The van der Waals surface area contributed by atoms with Crippen molar-refractivity contribution in [2.45, 2.75) is 6.61 Å². The minimum atomic E-state index is -0.446. The number of nitro benzene ring substituents is 1. The Bertz CT molecular complexity index is 1290. The smallest absolute Gasteiger partial charge is 0.269 e. The van der Waals surface area contributed by atoms with E-state index in [0.717, 1.165) is 22.4 Å². The monoisotopic (exact) mass is 427 g/mol. The molecule has 3 aromatic carbocycles. The van der Waals surface area contributed by atoms with E-state index in [0.29, 0.717) is 23.7 Å². The third kappa shape index (κ3) is 3.83. The molecule has 7 nitrogen and oxygen atoms in total. The molecule has 0 unspecified atom stereocenters. The van der Waals surface area contributed by atoms with Crippen molar-refractivity contribution in [3.05, 3.63) is 111 Å². The SMILES string of the molecule is O=C1/C(=C/C2=Cc3ccccc3OC2)Oc2cc(OCc3ccc([N+](=O)[O-])cc3)ccc21. The van der Waals surface area contributed by atoms with E-state index in [1.807, 2.05) is 30.3 Å². The molecular weight excluding hydrogens is 410 g/mol. The minimum absolute atomic E-state index is 0.0273. The maximum absolute atomic E-state index is 12.7. The van der Waals surface area contributed by atoms with Gasteiger partial charge in [0, 0.05) is 23.8 Å². The largest absolute Gasteiger partial charge is 0.489 e. The lowest BCUT2D eigenvalue weighted by molar-refractivity contribution is -0.384. The number of fused-ring (bicyclic) bond motifs is 2. The Morgan fingerprint density at radius 1 is 1.03 bits per heavy atom. The Labute approximate surface area is 183 Å². The number of nitrogens with zero attached hydrogens (tertiary/aromatic N) is 1. The molecule has 0 atom stereocenters. The third-order valence-corrected chi connectivity index (χ3v) is 5.16. The zero-order valence-electron chi connectivity index (χ0n) is 16.8. The number of nitro groups is 1. The van der Waals surface area contributed by atoms with Gasteiger partial charge in [0.2, 0.25) is 5.78 Å². The molecule has 0 saturated carbocycles. The number of hydrogen-bond donors (Lipinski definition) is 0. The van der Waals surface area contributed by atoms with Crippen molar-refractivity contribution in [3.63, 3.8) is 0 Å². The van der Waals surface area contributed by atoms with Gasteiger partial charge in [0.05, 0.1) is 10.5 Å². The van der Waals surface area contributed by atoms with Crippen LogP contribution in [-0.2, 0) is 6.61 Å². The molecule has 0 spiro atoms. The van der Waals surface area contributed by atoms with Crippen molar-refractivity contribution >= 4 is 17.5 Å². The second-order valence-corrected chi connectivity index (χ2v) is 7.36. The Kier molecular flexibility index (Phi) is 4.91. The van der Waals surface area contributed by atoms with Crippen LogP contribution in [0, 0.1) is 10.1 Å². The Balaban J connectivity index is 1.30. The number of ether oxygens (including phenoxy) is 3. The summed E-state index contributed by atoms with van der Waals surface area (Å²) in [6.45, 7) is 0.591. The molecule has 0 bridgehead atoms. The van der Waals surface area contributed by atoms with Gasteiger partial charge in [-0.25, -0.2) is 0 Å². The Morgan fingerprint density at radius 2 is 1.84 bits per heavy atom. The lowest BCUT2D eigenvalue weighted by Gasteiger charge is -2.15. The summed E-state index contributed by atoms with van der Waals surface area (Å²) in [5, 5.41) is 10.8. The summed E-state index contributed by atoms with van der Waals surface area (Å²) in [6, 6.07) is 18.9. The maximum Gasteiger partial charge on any atom is 0.269 e. The van der Waals surface area contributed by atoms with Gasteiger partial charge in [0.1, 0.15) is 30.5 Å². The summed E-state index contributed by atoms with van der Waals surface area (Å²) in [4.78, 5) is 23.0. The summed E-state index contributed by atoms with van der Waals surface area (Å²) in [7, 11) is 0. The fourth-order valence-electron chi connectivity index (χ4n) is 3.52. The Hall–Kier alpha value is -4.39. The number of ketones is 1. The fraction of sp³-hybridized carbons (Fsp3) is 0.0800. The van der Waals surface area contributed by atoms with Crippen molar-refractivity contribution in [2.24, 2.45) is 0 Å². The molecule has 3 aromatic rings. The summed E-state index contributed by atoms with van der Waals surface area (Å²) >= 11 is 0. The number of benzene rings is 3. The van der Waals surface area contributed by atoms with Gasteiger partial charge in [-0.15, -0.1) is 0 Å². The molecule has 7 heteroatoms. The molecule has 32 heavy (non-hydrogen) atoms. The van der Waals surface area contributed by atoms with Crippen molar-refractivity contribution < 1.29 is 23.9 Å². The zero-order valence-corrected chi connectivity index (χ0v) is 16.8. The van der Waals surface area contributed by atoms with E-state index in [1.165, 1.54) is 12.1 Å². The first-order valence-electron chi connectivity index (χ1n) is 9.94. The molecule has 2 aliphatic heterocycles. The van der Waals surface area contributed by atoms with E-state index >= 15 is 0 Å². The number of carbonyl (C=O) groups is 1. The van der Waals surface area contributed by atoms with Crippen molar-refractivity contribution in [2.75, 3.05) is 6.61 Å². The van der Waals surface area contributed by atoms with Crippen LogP contribution in [-0.4, -0.2) is 17.3 Å². The molecule has 2 aliphatic rings. The van der Waals surface area contributed by atoms with Crippen LogP contribution in [0.15, 0.2) is 84.1 Å². The summed E-state index contributed by atoms with van der Waals surface area (Å²) in [5.41, 5.74) is 3.08. The number of hydrogen-bond acceptors (Lipinski definition) is 6. The molecule has 0 aromatic heterocycles. The molecule has 0 saturated heterocycles. The van der Waals surface area contributed by atoms with Gasteiger partial charge in [0.25, 0.3) is 5.69 Å². The highest BCUT2D eigenvalue weighted by Crippen LogP contribution is 2.35. The van der Waals surface area contributed by atoms with Crippen molar-refractivity contribution in [1.82, 2.24) is 0 Å². The van der Waals surface area contributed by atoms with Gasteiger partial charge in [-0.3, -0.25) is 14.9 Å². The van der Waals surface area contributed by atoms with Gasteiger partial charge in [-0.05, 0) is 53.6 Å².